The van der Waals surface area contributed by atoms with Gasteiger partial charge in [-0.25, -0.2) is 0 Å². The number of rotatable bonds is 3. The van der Waals surface area contributed by atoms with Gasteiger partial charge in [-0.1, -0.05) is 0 Å². The van der Waals surface area contributed by atoms with Crippen LogP contribution in [0.1, 0.15) is 10.5 Å². The molecule has 1 rings (SSSR count). The lowest BCUT2D eigenvalue weighted by atomic mass is 10.5. The number of aldehydes is 1. The fourth-order valence-corrected chi connectivity index (χ4v) is 1.01. The van der Waals surface area contributed by atoms with E-state index < -0.39 is 0 Å². The van der Waals surface area contributed by atoms with Crippen molar-refractivity contribution in [2.75, 3.05) is 5.88 Å². The molecule has 10 heavy (non-hydrogen) atoms. The zero-order valence-corrected chi connectivity index (χ0v) is 6.21. The minimum Gasteiger partial charge on any atom is -0.344 e. The smallest absolute Gasteiger partial charge is 0.166 e. The second-order valence-corrected chi connectivity index (χ2v) is 2.31. The molecule has 0 N–H and O–H groups in total. The van der Waals surface area contributed by atoms with Crippen molar-refractivity contribution in [2.45, 2.75) is 6.54 Å². The number of halogens is 1. The van der Waals surface area contributed by atoms with E-state index in [0.29, 0.717) is 18.1 Å². The van der Waals surface area contributed by atoms with Crippen LogP contribution in [-0.2, 0) is 6.54 Å². The van der Waals surface area contributed by atoms with Crippen molar-refractivity contribution >= 4 is 17.9 Å². The number of nitrogens with zero attached hydrogens (tertiary/aromatic N) is 1. The van der Waals surface area contributed by atoms with E-state index in [1.165, 1.54) is 0 Å². The highest BCUT2D eigenvalue weighted by Crippen LogP contribution is 1.98. The third kappa shape index (κ3) is 1.39. The first-order valence-electron chi connectivity index (χ1n) is 3.05. The maximum Gasteiger partial charge on any atom is 0.166 e. The van der Waals surface area contributed by atoms with Crippen LogP contribution in [0.15, 0.2) is 18.3 Å². The SMILES string of the molecule is O=Cc1cccn1CCCl. The number of aryl methyl sites for hydroxylation is 1. The van der Waals surface area contributed by atoms with E-state index in [9.17, 15) is 4.79 Å². The van der Waals surface area contributed by atoms with E-state index in [2.05, 4.69) is 0 Å². The molecule has 0 radical (unpaired) electrons. The Morgan fingerprint density at radius 2 is 2.50 bits per heavy atom. The largest absolute Gasteiger partial charge is 0.344 e. The second-order valence-electron chi connectivity index (χ2n) is 1.93. The molecule has 0 amide bonds. The molecule has 54 valence electrons. The zero-order chi connectivity index (χ0) is 7.40. The molecule has 1 aromatic heterocycles. The molecular formula is C7H8ClNO. The molecule has 0 saturated heterocycles. The van der Waals surface area contributed by atoms with Crippen LogP contribution in [0, 0.1) is 0 Å². The Labute approximate surface area is 64.4 Å². The lowest BCUT2D eigenvalue weighted by Crippen LogP contribution is -2.01. The Kier molecular flexibility index (Phi) is 2.51. The van der Waals surface area contributed by atoms with Crippen LogP contribution in [0.5, 0.6) is 0 Å². The molecule has 0 fully saturated rings. The molecule has 0 aliphatic carbocycles. The summed E-state index contributed by atoms with van der Waals surface area (Å²) in [5, 5.41) is 0. The molecule has 0 bridgehead atoms. The third-order valence-corrected chi connectivity index (χ3v) is 1.48. The van der Waals surface area contributed by atoms with Gasteiger partial charge in [-0.2, -0.15) is 0 Å². The van der Waals surface area contributed by atoms with Crippen molar-refractivity contribution in [1.82, 2.24) is 4.57 Å². The second kappa shape index (κ2) is 3.42. The number of hydrogen-bond donors (Lipinski definition) is 0. The fourth-order valence-electron chi connectivity index (χ4n) is 0.829. The van der Waals surface area contributed by atoms with Gasteiger partial charge in [-0.15, -0.1) is 11.6 Å². The van der Waals surface area contributed by atoms with Gasteiger partial charge in [-0.05, 0) is 12.1 Å². The van der Waals surface area contributed by atoms with E-state index in [4.69, 9.17) is 11.6 Å². The average molecular weight is 158 g/mol. The summed E-state index contributed by atoms with van der Waals surface area (Å²) in [5.41, 5.74) is 0.681. The van der Waals surface area contributed by atoms with Crippen molar-refractivity contribution in [2.24, 2.45) is 0 Å². The normalized spacial score (nSPS) is 9.70. The van der Waals surface area contributed by atoms with Gasteiger partial charge < -0.3 is 4.57 Å². The van der Waals surface area contributed by atoms with Crippen LogP contribution in [-0.4, -0.2) is 16.7 Å². The maximum absolute atomic E-state index is 10.3. The van der Waals surface area contributed by atoms with Crippen molar-refractivity contribution in [3.05, 3.63) is 24.0 Å². The molecule has 0 saturated carbocycles. The first kappa shape index (κ1) is 7.35. The first-order valence-corrected chi connectivity index (χ1v) is 3.58. The molecule has 1 heterocycles. The minimum atomic E-state index is 0.537. The number of carbonyl (C=O) groups excluding carboxylic acids is 1. The summed E-state index contributed by atoms with van der Waals surface area (Å²) in [6, 6.07) is 3.59. The fraction of sp³-hybridized carbons (Fsp3) is 0.286. The summed E-state index contributed by atoms with van der Waals surface area (Å²) in [6.45, 7) is 0.697. The van der Waals surface area contributed by atoms with Crippen molar-refractivity contribution in [1.29, 1.82) is 0 Å². The molecule has 2 nitrogen and oxygen atoms in total. The Bertz CT molecular complexity index is 219. The maximum atomic E-state index is 10.3. The lowest BCUT2D eigenvalue weighted by molar-refractivity contribution is 0.111. The highest BCUT2D eigenvalue weighted by molar-refractivity contribution is 6.17. The van der Waals surface area contributed by atoms with Crippen molar-refractivity contribution in [3.8, 4) is 0 Å². The topological polar surface area (TPSA) is 22.0 Å². The van der Waals surface area contributed by atoms with Gasteiger partial charge >= 0.3 is 0 Å². The van der Waals surface area contributed by atoms with Gasteiger partial charge in [0.2, 0.25) is 0 Å². The lowest BCUT2D eigenvalue weighted by Gasteiger charge is -1.99. The van der Waals surface area contributed by atoms with Gasteiger partial charge in [-0.3, -0.25) is 4.79 Å². The predicted molar refractivity (Wildman–Crippen MR) is 40.5 cm³/mol. The Hall–Kier alpha value is -0.760. The highest BCUT2D eigenvalue weighted by atomic mass is 35.5. The van der Waals surface area contributed by atoms with Crippen LogP contribution >= 0.6 is 11.6 Å². The van der Waals surface area contributed by atoms with E-state index >= 15 is 0 Å². The summed E-state index contributed by atoms with van der Waals surface area (Å²) in [6.07, 6.45) is 2.67. The quantitative estimate of drug-likeness (QED) is 0.482. The standard InChI is InChI=1S/C7H8ClNO/c8-3-5-9-4-1-2-7(9)6-10/h1-2,4,6H,3,5H2. The molecule has 3 heteroatoms. The van der Waals surface area contributed by atoms with Gasteiger partial charge in [0.05, 0.1) is 5.69 Å². The van der Waals surface area contributed by atoms with Crippen LogP contribution in [0.4, 0.5) is 0 Å². The molecule has 0 spiro atoms. The number of carbonyl (C=O) groups is 1. The summed E-state index contributed by atoms with van der Waals surface area (Å²) >= 11 is 5.49. The number of hydrogen-bond acceptors (Lipinski definition) is 1. The highest BCUT2D eigenvalue weighted by Gasteiger charge is 1.95. The van der Waals surface area contributed by atoms with E-state index in [1.54, 1.807) is 6.07 Å². The zero-order valence-electron chi connectivity index (χ0n) is 5.46. The summed E-state index contributed by atoms with van der Waals surface area (Å²) in [4.78, 5) is 10.3. The van der Waals surface area contributed by atoms with Crippen LogP contribution in [0.25, 0.3) is 0 Å². The van der Waals surface area contributed by atoms with Crippen LogP contribution in [0.2, 0.25) is 0 Å². The molecule has 0 aromatic carbocycles. The molecule has 0 atom stereocenters. The third-order valence-electron chi connectivity index (χ3n) is 1.31. The van der Waals surface area contributed by atoms with Crippen molar-refractivity contribution in [3.63, 3.8) is 0 Å². The van der Waals surface area contributed by atoms with Crippen molar-refractivity contribution < 1.29 is 4.79 Å². The molecule has 1 aromatic rings. The van der Waals surface area contributed by atoms with Gasteiger partial charge in [0, 0.05) is 18.6 Å². The van der Waals surface area contributed by atoms with Gasteiger partial charge in [0.15, 0.2) is 6.29 Å². The van der Waals surface area contributed by atoms with Crippen LogP contribution in [0.3, 0.4) is 0 Å². The van der Waals surface area contributed by atoms with E-state index in [0.717, 1.165) is 6.29 Å². The van der Waals surface area contributed by atoms with E-state index in [-0.39, 0.29) is 0 Å². The molecular weight excluding hydrogens is 150 g/mol. The average Bonchev–Trinajstić information content (AvgIpc) is 2.36. The molecule has 0 aliphatic rings. The predicted octanol–water partition coefficient (Wildman–Crippen LogP) is 1.54. The molecule has 0 unspecified atom stereocenters. The van der Waals surface area contributed by atoms with Crippen LogP contribution < -0.4 is 0 Å². The van der Waals surface area contributed by atoms with Gasteiger partial charge in [0.1, 0.15) is 0 Å². The summed E-state index contributed by atoms with van der Waals surface area (Å²) in [7, 11) is 0. The summed E-state index contributed by atoms with van der Waals surface area (Å²) in [5.74, 6) is 0.537. The minimum absolute atomic E-state index is 0.537. The molecule has 0 aliphatic heterocycles. The Balaban J connectivity index is 2.79. The summed E-state index contributed by atoms with van der Waals surface area (Å²) < 4.78 is 1.82. The Morgan fingerprint density at radius 1 is 1.70 bits per heavy atom. The number of aromatic nitrogens is 1. The Morgan fingerprint density at radius 3 is 3.10 bits per heavy atom. The van der Waals surface area contributed by atoms with E-state index in [1.807, 2.05) is 16.8 Å². The van der Waals surface area contributed by atoms with Gasteiger partial charge in [0.25, 0.3) is 0 Å². The first-order chi connectivity index (χ1) is 4.88. The number of alkyl halides is 1. The monoisotopic (exact) mass is 157 g/mol.